The molecular weight excluding hydrogens is 276 g/mol. The van der Waals surface area contributed by atoms with Gasteiger partial charge in [-0.25, -0.2) is 0 Å². The fourth-order valence-corrected chi connectivity index (χ4v) is 4.23. The van der Waals surface area contributed by atoms with Gasteiger partial charge in [-0.05, 0) is 55.8 Å². The van der Waals surface area contributed by atoms with Crippen molar-refractivity contribution in [2.24, 2.45) is 5.92 Å². The van der Waals surface area contributed by atoms with E-state index in [0.29, 0.717) is 12.3 Å². The van der Waals surface area contributed by atoms with Crippen LogP contribution in [-0.4, -0.2) is 25.6 Å². The van der Waals surface area contributed by atoms with Gasteiger partial charge in [0.2, 0.25) is 0 Å². The Morgan fingerprint density at radius 3 is 2.24 bits per heavy atom. The van der Waals surface area contributed by atoms with Crippen molar-refractivity contribution in [1.82, 2.24) is 0 Å². The average molecular weight is 313 g/mol. The van der Waals surface area contributed by atoms with E-state index in [4.69, 9.17) is 4.43 Å². The van der Waals surface area contributed by atoms with Crippen LogP contribution in [-0.2, 0) is 4.43 Å². The van der Waals surface area contributed by atoms with E-state index in [1.165, 1.54) is 32.1 Å². The summed E-state index contributed by atoms with van der Waals surface area (Å²) in [5, 5.41) is 10.7. The van der Waals surface area contributed by atoms with E-state index >= 15 is 0 Å². The van der Waals surface area contributed by atoms with Crippen molar-refractivity contribution < 1.29 is 9.53 Å². The summed E-state index contributed by atoms with van der Waals surface area (Å²) in [7, 11) is -1.76. The van der Waals surface area contributed by atoms with Crippen LogP contribution in [0.15, 0.2) is 12.2 Å². The molecule has 1 fully saturated rings. The number of aliphatic hydroxyl groups excluding tert-OH is 1. The van der Waals surface area contributed by atoms with Crippen LogP contribution < -0.4 is 0 Å². The molecule has 0 amide bonds. The largest absolute Gasteiger partial charge is 0.411 e. The van der Waals surface area contributed by atoms with E-state index in [1.54, 1.807) is 0 Å². The first-order chi connectivity index (χ1) is 9.54. The molecule has 0 bridgehead atoms. The minimum absolute atomic E-state index is 0.0455. The highest BCUT2D eigenvalue weighted by Crippen LogP contribution is 2.38. The van der Waals surface area contributed by atoms with Crippen LogP contribution in [0.25, 0.3) is 0 Å². The minimum atomic E-state index is -1.76. The zero-order valence-electron chi connectivity index (χ0n) is 15.0. The minimum Gasteiger partial charge on any atom is -0.411 e. The Morgan fingerprint density at radius 2 is 1.76 bits per heavy atom. The summed E-state index contributed by atoms with van der Waals surface area (Å²) < 4.78 is 6.38. The second-order valence-electron chi connectivity index (χ2n) is 8.35. The molecule has 1 saturated carbocycles. The van der Waals surface area contributed by atoms with Crippen LogP contribution in [0, 0.1) is 5.92 Å². The van der Waals surface area contributed by atoms with Gasteiger partial charge in [0.25, 0.3) is 0 Å². The molecule has 0 unspecified atom stereocenters. The fraction of sp³-hybridized carbons (Fsp3) is 0.889. The van der Waals surface area contributed by atoms with E-state index in [9.17, 15) is 5.11 Å². The van der Waals surface area contributed by atoms with Crippen LogP contribution in [0.4, 0.5) is 0 Å². The molecule has 1 aliphatic rings. The topological polar surface area (TPSA) is 29.5 Å². The van der Waals surface area contributed by atoms with Crippen LogP contribution >= 0.6 is 0 Å². The third kappa shape index (κ3) is 5.54. The quantitative estimate of drug-likeness (QED) is 0.534. The molecule has 1 aliphatic carbocycles. The van der Waals surface area contributed by atoms with Crippen LogP contribution in [0.5, 0.6) is 0 Å². The third-order valence-electron chi connectivity index (χ3n) is 5.52. The lowest BCUT2D eigenvalue weighted by Gasteiger charge is -2.39. The smallest absolute Gasteiger partial charge is 0.192 e. The summed E-state index contributed by atoms with van der Waals surface area (Å²) in [6.07, 6.45) is 6.72. The molecule has 0 aliphatic heterocycles. The molecule has 1 N–H and O–H groups in total. The van der Waals surface area contributed by atoms with Gasteiger partial charge in [-0.15, -0.1) is 0 Å². The molecule has 0 radical (unpaired) electrons. The first kappa shape index (κ1) is 18.9. The maximum atomic E-state index is 10.4. The monoisotopic (exact) mass is 312 g/mol. The Labute approximate surface area is 133 Å². The first-order valence-corrected chi connectivity index (χ1v) is 11.5. The second-order valence-corrected chi connectivity index (χ2v) is 13.1. The maximum Gasteiger partial charge on any atom is 0.192 e. The summed E-state index contributed by atoms with van der Waals surface area (Å²) in [5.41, 5.74) is 1.05. The van der Waals surface area contributed by atoms with E-state index in [0.717, 1.165) is 5.57 Å². The third-order valence-corrected chi connectivity index (χ3v) is 10.1. The molecule has 1 rings (SSSR count). The highest BCUT2D eigenvalue weighted by Gasteiger charge is 2.39. The second kappa shape index (κ2) is 7.43. The molecule has 0 heterocycles. The molecule has 0 aromatic heterocycles. The average Bonchev–Trinajstić information content (AvgIpc) is 2.37. The van der Waals surface area contributed by atoms with E-state index < -0.39 is 8.32 Å². The molecule has 3 heteroatoms. The number of aliphatic hydroxyl groups is 1. The Morgan fingerprint density at radius 1 is 1.24 bits per heavy atom. The van der Waals surface area contributed by atoms with Crippen LogP contribution in [0.3, 0.4) is 0 Å². The Kier molecular flexibility index (Phi) is 6.70. The van der Waals surface area contributed by atoms with Gasteiger partial charge in [0, 0.05) is 0 Å². The molecule has 2 nitrogen and oxygen atoms in total. The summed E-state index contributed by atoms with van der Waals surface area (Å²) in [6, 6.07) is 0. The van der Waals surface area contributed by atoms with E-state index in [2.05, 4.69) is 47.4 Å². The Bertz CT molecular complexity index is 338. The van der Waals surface area contributed by atoms with Crippen molar-refractivity contribution >= 4 is 8.32 Å². The zero-order valence-corrected chi connectivity index (χ0v) is 16.0. The number of rotatable bonds is 6. The van der Waals surface area contributed by atoms with Crippen molar-refractivity contribution in [3.05, 3.63) is 12.2 Å². The summed E-state index contributed by atoms with van der Waals surface area (Å²) in [5.74, 6) is 0.468. The van der Waals surface area contributed by atoms with Crippen molar-refractivity contribution in [2.45, 2.75) is 96.6 Å². The highest BCUT2D eigenvalue weighted by atomic mass is 28.4. The normalized spacial score (nSPS) is 21.1. The van der Waals surface area contributed by atoms with Gasteiger partial charge in [0.15, 0.2) is 8.32 Å². The molecule has 124 valence electrons. The van der Waals surface area contributed by atoms with Crippen molar-refractivity contribution in [2.75, 3.05) is 0 Å². The Hall–Kier alpha value is -0.123. The molecular formula is C18H36O2Si. The predicted molar refractivity (Wildman–Crippen MR) is 94.1 cm³/mol. The van der Waals surface area contributed by atoms with Crippen LogP contribution in [0.2, 0.25) is 18.1 Å². The van der Waals surface area contributed by atoms with Crippen molar-refractivity contribution in [3.8, 4) is 0 Å². The molecule has 21 heavy (non-hydrogen) atoms. The van der Waals surface area contributed by atoms with Crippen LogP contribution in [0.1, 0.15) is 66.2 Å². The molecule has 0 aromatic carbocycles. The molecule has 0 spiro atoms. The lowest BCUT2D eigenvalue weighted by Crippen LogP contribution is -2.43. The number of hydrogen-bond acceptors (Lipinski definition) is 2. The van der Waals surface area contributed by atoms with Gasteiger partial charge in [0.05, 0.1) is 12.2 Å². The SMILES string of the molecule is C=C(C[C@@H](O)C1CCCCC1)[C@@H](C)O[Si](C)(C)C(C)(C)C. The predicted octanol–water partition coefficient (Wildman–Crippen LogP) is 5.28. The fourth-order valence-electron chi connectivity index (χ4n) is 2.82. The van der Waals surface area contributed by atoms with E-state index in [1.807, 2.05) is 0 Å². The van der Waals surface area contributed by atoms with Gasteiger partial charge in [-0.2, -0.15) is 0 Å². The summed E-state index contributed by atoms with van der Waals surface area (Å²) >= 11 is 0. The molecule has 2 atom stereocenters. The zero-order chi connectivity index (χ0) is 16.3. The standard InChI is InChI=1S/C18H36O2Si/c1-14(13-17(19)16-11-9-8-10-12-16)15(2)20-21(6,7)18(3,4)5/h15-17,19H,1,8-13H2,2-7H3/t15-,17-/m1/s1. The molecule has 0 saturated heterocycles. The highest BCUT2D eigenvalue weighted by molar-refractivity contribution is 6.74. The van der Waals surface area contributed by atoms with Crippen molar-refractivity contribution in [1.29, 1.82) is 0 Å². The summed E-state index contributed by atoms with van der Waals surface area (Å²) in [6.45, 7) is 17.6. The Balaban J connectivity index is 2.50. The van der Waals surface area contributed by atoms with Gasteiger partial charge in [-0.3, -0.25) is 0 Å². The van der Waals surface area contributed by atoms with Gasteiger partial charge < -0.3 is 9.53 Å². The van der Waals surface area contributed by atoms with Crippen molar-refractivity contribution in [3.63, 3.8) is 0 Å². The molecule has 0 aromatic rings. The summed E-state index contributed by atoms with van der Waals surface area (Å²) in [4.78, 5) is 0. The number of hydrogen-bond donors (Lipinski definition) is 1. The lowest BCUT2D eigenvalue weighted by atomic mass is 9.83. The van der Waals surface area contributed by atoms with Gasteiger partial charge in [-0.1, -0.05) is 46.6 Å². The lowest BCUT2D eigenvalue weighted by molar-refractivity contribution is 0.0794. The van der Waals surface area contributed by atoms with Gasteiger partial charge >= 0.3 is 0 Å². The van der Waals surface area contributed by atoms with Gasteiger partial charge in [0.1, 0.15) is 0 Å². The maximum absolute atomic E-state index is 10.4. The van der Waals surface area contributed by atoms with E-state index in [-0.39, 0.29) is 17.2 Å². The first-order valence-electron chi connectivity index (χ1n) is 8.58.